The van der Waals surface area contributed by atoms with Gasteiger partial charge in [-0.3, -0.25) is 9.48 Å². The molecule has 0 fully saturated rings. The first kappa shape index (κ1) is 9.65. The Morgan fingerprint density at radius 3 is 2.93 bits per heavy atom. The van der Waals surface area contributed by atoms with E-state index in [9.17, 15) is 4.79 Å². The molecule has 2 aromatic rings. The SMILES string of the molecule is C=CCn1nc(C(C)=O)c2ccccc21. The highest BCUT2D eigenvalue weighted by molar-refractivity contribution is 6.04. The minimum atomic E-state index is -0.00554. The number of para-hydroxylation sites is 1. The van der Waals surface area contributed by atoms with E-state index >= 15 is 0 Å². The van der Waals surface area contributed by atoms with Gasteiger partial charge in [-0.2, -0.15) is 5.10 Å². The molecule has 0 radical (unpaired) electrons. The summed E-state index contributed by atoms with van der Waals surface area (Å²) in [6, 6.07) is 7.72. The molecule has 1 aromatic carbocycles. The molecular weight excluding hydrogens is 188 g/mol. The van der Waals surface area contributed by atoms with Crippen LogP contribution in [0, 0.1) is 0 Å². The van der Waals surface area contributed by atoms with E-state index in [1.54, 1.807) is 10.8 Å². The monoisotopic (exact) mass is 200 g/mol. The van der Waals surface area contributed by atoms with Crippen molar-refractivity contribution in [2.24, 2.45) is 0 Å². The zero-order valence-electron chi connectivity index (χ0n) is 8.60. The molecule has 0 aliphatic heterocycles. The minimum Gasteiger partial charge on any atom is -0.293 e. The van der Waals surface area contributed by atoms with E-state index in [0.717, 1.165) is 10.9 Å². The van der Waals surface area contributed by atoms with Crippen LogP contribution >= 0.6 is 0 Å². The lowest BCUT2D eigenvalue weighted by atomic mass is 10.2. The van der Waals surface area contributed by atoms with E-state index in [2.05, 4.69) is 11.7 Å². The average Bonchev–Trinajstić information content (AvgIpc) is 2.59. The Bertz CT molecular complexity index is 525. The molecule has 0 aliphatic carbocycles. The zero-order chi connectivity index (χ0) is 10.8. The van der Waals surface area contributed by atoms with Gasteiger partial charge in [-0.05, 0) is 6.07 Å². The first-order valence-corrected chi connectivity index (χ1v) is 4.81. The van der Waals surface area contributed by atoms with Crippen molar-refractivity contribution in [1.29, 1.82) is 0 Å². The van der Waals surface area contributed by atoms with Crippen molar-refractivity contribution in [2.45, 2.75) is 13.5 Å². The van der Waals surface area contributed by atoms with Gasteiger partial charge in [0.1, 0.15) is 5.69 Å². The molecular formula is C12H12N2O. The Kier molecular flexibility index (Phi) is 2.37. The highest BCUT2D eigenvalue weighted by atomic mass is 16.1. The van der Waals surface area contributed by atoms with Gasteiger partial charge in [0, 0.05) is 12.3 Å². The highest BCUT2D eigenvalue weighted by Gasteiger charge is 2.12. The van der Waals surface area contributed by atoms with Gasteiger partial charge in [-0.1, -0.05) is 24.3 Å². The van der Waals surface area contributed by atoms with Crippen LogP contribution in [0.5, 0.6) is 0 Å². The van der Waals surface area contributed by atoms with Crippen molar-refractivity contribution in [2.75, 3.05) is 0 Å². The molecule has 0 saturated heterocycles. The van der Waals surface area contributed by atoms with Crippen LogP contribution in [0.15, 0.2) is 36.9 Å². The fourth-order valence-corrected chi connectivity index (χ4v) is 1.65. The summed E-state index contributed by atoms with van der Waals surface area (Å²) in [6.07, 6.45) is 1.77. The second-order valence-corrected chi connectivity index (χ2v) is 3.39. The quantitative estimate of drug-likeness (QED) is 0.563. The van der Waals surface area contributed by atoms with E-state index in [-0.39, 0.29) is 5.78 Å². The average molecular weight is 200 g/mol. The maximum Gasteiger partial charge on any atom is 0.180 e. The largest absolute Gasteiger partial charge is 0.293 e. The van der Waals surface area contributed by atoms with Gasteiger partial charge in [0.05, 0.1) is 12.1 Å². The van der Waals surface area contributed by atoms with Crippen LogP contribution in [0.1, 0.15) is 17.4 Å². The molecule has 3 nitrogen and oxygen atoms in total. The Morgan fingerprint density at radius 1 is 1.53 bits per heavy atom. The molecule has 2 rings (SSSR count). The summed E-state index contributed by atoms with van der Waals surface area (Å²) in [5.74, 6) is -0.00554. The summed E-state index contributed by atoms with van der Waals surface area (Å²) >= 11 is 0. The van der Waals surface area contributed by atoms with Crippen molar-refractivity contribution < 1.29 is 4.79 Å². The molecule has 76 valence electrons. The molecule has 0 amide bonds. The first-order valence-electron chi connectivity index (χ1n) is 4.81. The lowest BCUT2D eigenvalue weighted by molar-refractivity contribution is 0.101. The van der Waals surface area contributed by atoms with Crippen LogP contribution in [0.4, 0.5) is 0 Å². The number of rotatable bonds is 3. The Morgan fingerprint density at radius 2 is 2.27 bits per heavy atom. The maximum absolute atomic E-state index is 11.4. The number of ketones is 1. The van der Waals surface area contributed by atoms with Crippen LogP contribution in [0.25, 0.3) is 10.9 Å². The zero-order valence-corrected chi connectivity index (χ0v) is 8.60. The second-order valence-electron chi connectivity index (χ2n) is 3.39. The third-order valence-electron chi connectivity index (χ3n) is 2.29. The predicted octanol–water partition coefficient (Wildman–Crippen LogP) is 2.42. The van der Waals surface area contributed by atoms with Crippen LogP contribution in [0.2, 0.25) is 0 Å². The highest BCUT2D eigenvalue weighted by Crippen LogP contribution is 2.18. The summed E-state index contributed by atoms with van der Waals surface area (Å²) in [7, 11) is 0. The molecule has 0 saturated carbocycles. The number of aromatic nitrogens is 2. The van der Waals surface area contributed by atoms with E-state index in [0.29, 0.717) is 12.2 Å². The Hall–Kier alpha value is -1.90. The third kappa shape index (κ3) is 1.56. The molecule has 0 spiro atoms. The van der Waals surface area contributed by atoms with E-state index in [1.807, 2.05) is 24.3 Å². The minimum absolute atomic E-state index is 0.00554. The summed E-state index contributed by atoms with van der Waals surface area (Å²) in [5.41, 5.74) is 1.51. The van der Waals surface area contributed by atoms with Gasteiger partial charge < -0.3 is 0 Å². The molecule has 1 aromatic heterocycles. The number of nitrogens with zero attached hydrogens (tertiary/aromatic N) is 2. The number of hydrogen-bond acceptors (Lipinski definition) is 2. The smallest absolute Gasteiger partial charge is 0.180 e. The van der Waals surface area contributed by atoms with Crippen molar-refractivity contribution in [3.05, 3.63) is 42.6 Å². The molecule has 15 heavy (non-hydrogen) atoms. The van der Waals surface area contributed by atoms with Gasteiger partial charge in [0.15, 0.2) is 5.78 Å². The fraction of sp³-hybridized carbons (Fsp3) is 0.167. The number of allylic oxidation sites excluding steroid dienone is 1. The predicted molar refractivity (Wildman–Crippen MR) is 59.9 cm³/mol. The van der Waals surface area contributed by atoms with Crippen molar-refractivity contribution in [3.63, 3.8) is 0 Å². The van der Waals surface area contributed by atoms with Crippen molar-refractivity contribution in [1.82, 2.24) is 9.78 Å². The second kappa shape index (κ2) is 3.69. The van der Waals surface area contributed by atoms with Crippen molar-refractivity contribution >= 4 is 16.7 Å². The lowest BCUT2D eigenvalue weighted by Gasteiger charge is -1.96. The van der Waals surface area contributed by atoms with Gasteiger partial charge in [0.2, 0.25) is 0 Å². The normalized spacial score (nSPS) is 10.5. The van der Waals surface area contributed by atoms with Gasteiger partial charge in [-0.25, -0.2) is 0 Å². The number of Topliss-reactive ketones (excluding diaryl/α,β-unsaturated/α-hetero) is 1. The number of fused-ring (bicyclic) bond motifs is 1. The fourth-order valence-electron chi connectivity index (χ4n) is 1.65. The molecule has 3 heteroatoms. The summed E-state index contributed by atoms with van der Waals surface area (Å²) in [6.45, 7) is 5.82. The number of benzene rings is 1. The van der Waals surface area contributed by atoms with E-state index in [1.165, 1.54) is 6.92 Å². The number of carbonyl (C=O) groups is 1. The van der Waals surface area contributed by atoms with Gasteiger partial charge in [-0.15, -0.1) is 6.58 Å². The third-order valence-corrected chi connectivity index (χ3v) is 2.29. The van der Waals surface area contributed by atoms with Crippen LogP contribution in [-0.2, 0) is 6.54 Å². The number of hydrogen-bond donors (Lipinski definition) is 0. The van der Waals surface area contributed by atoms with E-state index in [4.69, 9.17) is 0 Å². The Labute approximate surface area is 88.0 Å². The topological polar surface area (TPSA) is 34.9 Å². The molecule has 0 N–H and O–H groups in total. The van der Waals surface area contributed by atoms with E-state index < -0.39 is 0 Å². The molecule has 0 unspecified atom stereocenters. The summed E-state index contributed by atoms with van der Waals surface area (Å²) in [4.78, 5) is 11.4. The maximum atomic E-state index is 11.4. The van der Waals surface area contributed by atoms with Crippen LogP contribution in [-0.4, -0.2) is 15.6 Å². The molecule has 1 heterocycles. The van der Waals surface area contributed by atoms with Crippen molar-refractivity contribution in [3.8, 4) is 0 Å². The number of carbonyl (C=O) groups excluding carboxylic acids is 1. The summed E-state index contributed by atoms with van der Waals surface area (Å²) < 4.78 is 1.79. The van der Waals surface area contributed by atoms with Crippen LogP contribution < -0.4 is 0 Å². The molecule has 0 atom stereocenters. The lowest BCUT2D eigenvalue weighted by Crippen LogP contribution is -1.99. The summed E-state index contributed by atoms with van der Waals surface area (Å²) in [5, 5.41) is 5.18. The Balaban J connectivity index is 2.72. The molecule has 0 aliphatic rings. The first-order chi connectivity index (χ1) is 7.24. The standard InChI is InChI=1S/C12H12N2O/c1-3-8-14-11-7-5-4-6-10(11)12(13-14)9(2)15/h3-7H,1,8H2,2H3. The van der Waals surface area contributed by atoms with Gasteiger partial charge in [0.25, 0.3) is 0 Å². The molecule has 0 bridgehead atoms. The van der Waals surface area contributed by atoms with Crippen LogP contribution in [0.3, 0.4) is 0 Å². The van der Waals surface area contributed by atoms with Gasteiger partial charge >= 0.3 is 0 Å².